The second-order valence-electron chi connectivity index (χ2n) is 11.3. The SMILES string of the molecule is Cc1ccc(N(c2[nH]c3cc(C#N)ccc3c2C)C(C)C)c(F)c1C1CCN(C(=O)OC(C)(C)C)CC1. The number of carbonyl (C=O) groups excluding carboxylic acids is 1. The number of benzene rings is 2. The lowest BCUT2D eigenvalue weighted by Crippen LogP contribution is -2.41. The zero-order chi connectivity index (χ0) is 27.1. The highest BCUT2D eigenvalue weighted by atomic mass is 19.1. The molecule has 0 atom stereocenters. The Labute approximate surface area is 219 Å². The summed E-state index contributed by atoms with van der Waals surface area (Å²) in [6.45, 7) is 14.7. The summed E-state index contributed by atoms with van der Waals surface area (Å²) >= 11 is 0. The Bertz CT molecular complexity index is 1350. The third-order valence-electron chi connectivity index (χ3n) is 7.11. The number of ether oxygens (including phenoxy) is 1. The van der Waals surface area contributed by atoms with Crippen LogP contribution in [0.3, 0.4) is 0 Å². The van der Waals surface area contributed by atoms with Gasteiger partial charge in [0.1, 0.15) is 11.4 Å². The number of nitrogens with zero attached hydrogens (tertiary/aromatic N) is 3. The molecule has 0 aliphatic carbocycles. The van der Waals surface area contributed by atoms with Crippen LogP contribution >= 0.6 is 0 Å². The molecule has 4 rings (SSSR count). The van der Waals surface area contributed by atoms with E-state index in [0.29, 0.717) is 37.2 Å². The lowest BCUT2D eigenvalue weighted by Gasteiger charge is -2.35. The molecule has 6 nitrogen and oxygen atoms in total. The van der Waals surface area contributed by atoms with Crippen molar-refractivity contribution in [2.45, 2.75) is 78.9 Å². The first-order valence-corrected chi connectivity index (χ1v) is 13.0. The van der Waals surface area contributed by atoms with Crippen molar-refractivity contribution in [3.8, 4) is 6.07 Å². The van der Waals surface area contributed by atoms with E-state index in [1.807, 2.05) is 77.6 Å². The molecule has 1 aliphatic rings. The highest BCUT2D eigenvalue weighted by Crippen LogP contribution is 2.41. The van der Waals surface area contributed by atoms with E-state index in [2.05, 4.69) is 11.1 Å². The minimum atomic E-state index is -0.539. The maximum Gasteiger partial charge on any atom is 0.410 e. The number of hydrogen-bond acceptors (Lipinski definition) is 4. The van der Waals surface area contributed by atoms with E-state index in [1.165, 1.54) is 0 Å². The number of aromatic nitrogens is 1. The summed E-state index contributed by atoms with van der Waals surface area (Å²) < 4.78 is 21.9. The second-order valence-corrected chi connectivity index (χ2v) is 11.3. The molecule has 1 N–H and O–H groups in total. The number of hydrogen-bond donors (Lipinski definition) is 1. The summed E-state index contributed by atoms with van der Waals surface area (Å²) in [5, 5.41) is 10.3. The standard InChI is InChI=1S/C30H37FN4O2/c1-18(2)35(28-20(4)23-10-9-21(17-32)16-24(23)33-28)25-11-8-19(3)26(27(25)31)22-12-14-34(15-13-22)29(36)37-30(5,6)7/h8-11,16,18,22,33H,12-15H2,1-7H3. The first kappa shape index (κ1) is 26.5. The maximum atomic E-state index is 16.4. The lowest BCUT2D eigenvalue weighted by molar-refractivity contribution is 0.0204. The molecule has 196 valence electrons. The zero-order valence-corrected chi connectivity index (χ0v) is 22.9. The first-order chi connectivity index (χ1) is 17.4. The molecule has 0 bridgehead atoms. The molecule has 0 spiro atoms. The van der Waals surface area contributed by atoms with Crippen molar-refractivity contribution in [3.05, 3.63) is 58.4 Å². The van der Waals surface area contributed by atoms with E-state index in [4.69, 9.17) is 4.74 Å². The Hall–Kier alpha value is -3.53. The fraction of sp³-hybridized carbons (Fsp3) is 0.467. The molecule has 1 saturated heterocycles. The number of anilines is 2. The molecular formula is C30H37FN4O2. The number of aryl methyl sites for hydroxylation is 2. The fourth-order valence-corrected chi connectivity index (χ4v) is 5.33. The van der Waals surface area contributed by atoms with Gasteiger partial charge in [-0.3, -0.25) is 0 Å². The molecule has 0 unspecified atom stereocenters. The van der Waals surface area contributed by atoms with Gasteiger partial charge in [0.25, 0.3) is 0 Å². The molecule has 0 radical (unpaired) electrons. The van der Waals surface area contributed by atoms with Crippen LogP contribution in [0.25, 0.3) is 10.9 Å². The van der Waals surface area contributed by atoms with E-state index >= 15 is 4.39 Å². The quantitative estimate of drug-likeness (QED) is 0.400. The van der Waals surface area contributed by atoms with E-state index in [1.54, 1.807) is 11.0 Å². The van der Waals surface area contributed by atoms with Crippen molar-refractivity contribution >= 4 is 28.5 Å². The van der Waals surface area contributed by atoms with Crippen LogP contribution in [0.4, 0.5) is 20.7 Å². The van der Waals surface area contributed by atoms with Crippen LogP contribution in [0, 0.1) is 31.0 Å². The molecule has 7 heteroatoms. The number of amides is 1. The predicted molar refractivity (Wildman–Crippen MR) is 146 cm³/mol. The van der Waals surface area contributed by atoms with Gasteiger partial charge in [0.2, 0.25) is 0 Å². The van der Waals surface area contributed by atoms with E-state index < -0.39 is 5.60 Å². The van der Waals surface area contributed by atoms with Crippen LogP contribution in [0.2, 0.25) is 0 Å². The van der Waals surface area contributed by atoms with E-state index in [9.17, 15) is 10.1 Å². The zero-order valence-electron chi connectivity index (χ0n) is 22.9. The number of rotatable bonds is 4. The molecule has 2 aromatic carbocycles. The Balaban J connectivity index is 1.67. The van der Waals surface area contributed by atoms with Gasteiger partial charge in [-0.2, -0.15) is 5.26 Å². The average Bonchev–Trinajstić information content (AvgIpc) is 3.15. The summed E-state index contributed by atoms with van der Waals surface area (Å²) in [6, 6.07) is 11.6. The Morgan fingerprint density at radius 3 is 2.46 bits per heavy atom. The van der Waals surface area contributed by atoms with Gasteiger partial charge in [0.05, 0.1) is 17.3 Å². The van der Waals surface area contributed by atoms with Gasteiger partial charge in [0, 0.05) is 30.0 Å². The number of H-pyrrole nitrogens is 1. The minimum Gasteiger partial charge on any atom is -0.444 e. The molecule has 1 aromatic heterocycles. The summed E-state index contributed by atoms with van der Waals surface area (Å²) in [7, 11) is 0. The van der Waals surface area contributed by atoms with Crippen molar-refractivity contribution in [2.75, 3.05) is 18.0 Å². The number of nitriles is 1. The summed E-state index contributed by atoms with van der Waals surface area (Å²) in [6.07, 6.45) is 1.06. The topological polar surface area (TPSA) is 72.4 Å². The average molecular weight is 505 g/mol. The van der Waals surface area contributed by atoms with Crippen molar-refractivity contribution in [1.29, 1.82) is 5.26 Å². The van der Waals surface area contributed by atoms with Crippen molar-refractivity contribution < 1.29 is 13.9 Å². The predicted octanol–water partition coefficient (Wildman–Crippen LogP) is 7.46. The molecule has 1 amide bonds. The fourth-order valence-electron chi connectivity index (χ4n) is 5.33. The highest BCUT2D eigenvalue weighted by molar-refractivity contribution is 5.91. The van der Waals surface area contributed by atoms with Crippen LogP contribution in [-0.4, -0.2) is 40.7 Å². The summed E-state index contributed by atoms with van der Waals surface area (Å²) in [5.41, 5.74) is 4.10. The van der Waals surface area contributed by atoms with Gasteiger partial charge < -0.3 is 19.5 Å². The molecule has 2 heterocycles. The van der Waals surface area contributed by atoms with Gasteiger partial charge in [-0.25, -0.2) is 9.18 Å². The second kappa shape index (κ2) is 10.1. The van der Waals surface area contributed by atoms with Crippen LogP contribution < -0.4 is 4.90 Å². The van der Waals surface area contributed by atoms with Crippen molar-refractivity contribution in [1.82, 2.24) is 9.88 Å². The van der Waals surface area contributed by atoms with Crippen LogP contribution in [0.1, 0.15) is 75.6 Å². The smallest absolute Gasteiger partial charge is 0.410 e. The Morgan fingerprint density at radius 2 is 1.86 bits per heavy atom. The normalized spacial score (nSPS) is 14.8. The van der Waals surface area contributed by atoms with Crippen LogP contribution in [0.5, 0.6) is 0 Å². The number of carbonyl (C=O) groups is 1. The first-order valence-electron chi connectivity index (χ1n) is 13.0. The monoisotopic (exact) mass is 504 g/mol. The molecule has 3 aromatic rings. The maximum absolute atomic E-state index is 16.4. The van der Waals surface area contributed by atoms with Crippen molar-refractivity contribution in [3.63, 3.8) is 0 Å². The molecule has 37 heavy (non-hydrogen) atoms. The Kier molecular flexibility index (Phi) is 7.23. The summed E-state index contributed by atoms with van der Waals surface area (Å²) in [4.78, 5) is 19.7. The van der Waals surface area contributed by atoms with Crippen LogP contribution in [-0.2, 0) is 4.74 Å². The van der Waals surface area contributed by atoms with Gasteiger partial charge >= 0.3 is 6.09 Å². The molecule has 1 fully saturated rings. The van der Waals surface area contributed by atoms with Gasteiger partial charge in [-0.05, 0) is 102 Å². The van der Waals surface area contributed by atoms with Gasteiger partial charge in [-0.15, -0.1) is 0 Å². The molecule has 0 saturated carbocycles. The third kappa shape index (κ3) is 5.29. The molecule has 1 aliphatic heterocycles. The number of piperidine rings is 1. The largest absolute Gasteiger partial charge is 0.444 e. The third-order valence-corrected chi connectivity index (χ3v) is 7.11. The highest BCUT2D eigenvalue weighted by Gasteiger charge is 2.31. The number of aromatic amines is 1. The lowest BCUT2D eigenvalue weighted by atomic mass is 9.86. The van der Waals surface area contributed by atoms with E-state index in [0.717, 1.165) is 33.4 Å². The van der Waals surface area contributed by atoms with Crippen molar-refractivity contribution in [2.24, 2.45) is 0 Å². The molecular weight excluding hydrogens is 467 g/mol. The summed E-state index contributed by atoms with van der Waals surface area (Å²) in [5.74, 6) is 0.642. The van der Waals surface area contributed by atoms with E-state index in [-0.39, 0.29) is 23.9 Å². The van der Waals surface area contributed by atoms with Gasteiger partial charge in [0.15, 0.2) is 5.82 Å². The minimum absolute atomic E-state index is 0.0127. The number of nitrogens with one attached hydrogen (secondary N) is 1. The van der Waals surface area contributed by atoms with Crippen LogP contribution in [0.15, 0.2) is 30.3 Å². The number of fused-ring (bicyclic) bond motifs is 1. The number of likely N-dealkylation sites (tertiary alicyclic amines) is 1. The number of halogens is 1. The van der Waals surface area contributed by atoms with Gasteiger partial charge in [-0.1, -0.05) is 12.1 Å². The Morgan fingerprint density at radius 1 is 1.19 bits per heavy atom.